The van der Waals surface area contributed by atoms with Gasteiger partial charge in [0.05, 0.1) is 6.61 Å². The second-order valence-electron chi connectivity index (χ2n) is 3.97. The van der Waals surface area contributed by atoms with Crippen molar-refractivity contribution in [3.63, 3.8) is 0 Å². The third-order valence-electron chi connectivity index (χ3n) is 2.78. The number of hydrogen-bond acceptors (Lipinski definition) is 3. The maximum absolute atomic E-state index is 11.6. The summed E-state index contributed by atoms with van der Waals surface area (Å²) >= 11 is 3.41. The van der Waals surface area contributed by atoms with Crippen LogP contribution in [0.25, 0.3) is 0 Å². The van der Waals surface area contributed by atoms with Crippen LogP contribution in [0, 0.1) is 0 Å². The molecule has 17 heavy (non-hydrogen) atoms. The maximum Gasteiger partial charge on any atom is 0.347 e. The second kappa shape index (κ2) is 5.54. The van der Waals surface area contributed by atoms with Crippen LogP contribution in [0.15, 0.2) is 18.2 Å². The van der Waals surface area contributed by atoms with Gasteiger partial charge in [-0.2, -0.15) is 0 Å². The minimum absolute atomic E-state index is 0.262. The molecular weight excluding hydrogens is 284 g/mol. The second-order valence-corrected chi connectivity index (χ2v) is 4.53. The lowest BCUT2D eigenvalue weighted by atomic mass is 10.0. The number of hydrogen-bond donors (Lipinski definition) is 0. The minimum Gasteiger partial charge on any atom is -0.478 e. The highest BCUT2D eigenvalue weighted by Gasteiger charge is 2.27. The van der Waals surface area contributed by atoms with E-state index in [4.69, 9.17) is 9.47 Å². The van der Waals surface area contributed by atoms with Crippen molar-refractivity contribution in [2.24, 2.45) is 0 Å². The molecule has 1 aliphatic heterocycles. The first-order chi connectivity index (χ1) is 8.24. The summed E-state index contributed by atoms with van der Waals surface area (Å²) in [4.78, 5) is 11.6. The lowest BCUT2D eigenvalue weighted by Crippen LogP contribution is -2.32. The quantitative estimate of drug-likeness (QED) is 0.636. The Morgan fingerprint density at radius 1 is 1.59 bits per heavy atom. The van der Waals surface area contributed by atoms with Gasteiger partial charge < -0.3 is 9.47 Å². The normalized spacial score (nSPS) is 18.1. The highest BCUT2D eigenvalue weighted by atomic mass is 79.9. The van der Waals surface area contributed by atoms with Crippen molar-refractivity contribution in [3.8, 4) is 5.75 Å². The van der Waals surface area contributed by atoms with Crippen molar-refractivity contribution < 1.29 is 14.3 Å². The number of fused-ring (bicyclic) bond motifs is 1. The molecule has 1 aromatic carbocycles. The Balaban J connectivity index is 2.14. The fraction of sp³-hybridized carbons (Fsp3) is 0.462. The first kappa shape index (κ1) is 12.4. The molecule has 0 aromatic heterocycles. The predicted molar refractivity (Wildman–Crippen MR) is 68.4 cm³/mol. The van der Waals surface area contributed by atoms with Gasteiger partial charge in [-0.25, -0.2) is 4.79 Å². The van der Waals surface area contributed by atoms with Gasteiger partial charge in [0, 0.05) is 5.33 Å². The molecular formula is C13H15BrO3. The fourth-order valence-electron chi connectivity index (χ4n) is 1.90. The number of aryl methyl sites for hydroxylation is 1. The molecule has 2 rings (SSSR count). The lowest BCUT2D eigenvalue weighted by molar-refractivity contribution is -0.152. The van der Waals surface area contributed by atoms with Crippen LogP contribution in [0.1, 0.15) is 24.5 Å². The number of esters is 1. The average Bonchev–Trinajstić information content (AvgIpc) is 2.37. The Kier molecular flexibility index (Phi) is 4.05. The molecule has 1 unspecified atom stereocenters. The monoisotopic (exact) mass is 298 g/mol. The number of carbonyl (C=O) groups excluding carboxylic acids is 1. The zero-order valence-electron chi connectivity index (χ0n) is 9.74. The molecule has 0 saturated heterocycles. The van der Waals surface area contributed by atoms with Crippen LogP contribution in [0.5, 0.6) is 5.75 Å². The molecule has 0 N–H and O–H groups in total. The Labute approximate surface area is 109 Å². The third kappa shape index (κ3) is 2.80. The Bertz CT molecular complexity index is 417. The van der Waals surface area contributed by atoms with Gasteiger partial charge in [-0.3, -0.25) is 0 Å². The zero-order valence-corrected chi connectivity index (χ0v) is 11.3. The lowest BCUT2D eigenvalue weighted by Gasteiger charge is -2.24. The minimum atomic E-state index is -0.451. The molecule has 0 spiro atoms. The summed E-state index contributed by atoms with van der Waals surface area (Å²) in [5.41, 5.74) is 2.31. The van der Waals surface area contributed by atoms with Crippen LogP contribution >= 0.6 is 15.9 Å². The van der Waals surface area contributed by atoms with Crippen LogP contribution in [-0.2, 0) is 21.3 Å². The maximum atomic E-state index is 11.6. The van der Waals surface area contributed by atoms with Crippen LogP contribution < -0.4 is 4.74 Å². The first-order valence-corrected chi connectivity index (χ1v) is 6.87. The molecule has 3 nitrogen and oxygen atoms in total. The first-order valence-electron chi connectivity index (χ1n) is 5.75. The molecule has 0 fully saturated rings. The topological polar surface area (TPSA) is 35.5 Å². The Hall–Kier alpha value is -1.03. The van der Waals surface area contributed by atoms with Gasteiger partial charge in [0.25, 0.3) is 0 Å². The third-order valence-corrected chi connectivity index (χ3v) is 3.43. The van der Waals surface area contributed by atoms with Gasteiger partial charge in [0.2, 0.25) is 0 Å². The molecule has 0 aliphatic carbocycles. The van der Waals surface area contributed by atoms with E-state index in [1.165, 1.54) is 0 Å². The van der Waals surface area contributed by atoms with Crippen LogP contribution in [0.4, 0.5) is 0 Å². The predicted octanol–water partition coefficient (Wildman–Crippen LogP) is 2.84. The highest BCUT2D eigenvalue weighted by molar-refractivity contribution is 9.08. The number of ether oxygens (including phenoxy) is 2. The molecule has 0 radical (unpaired) electrons. The number of rotatable bonds is 3. The van der Waals surface area contributed by atoms with Crippen LogP contribution in [-0.4, -0.2) is 18.7 Å². The van der Waals surface area contributed by atoms with E-state index in [9.17, 15) is 4.79 Å². The SMILES string of the molecule is CCOC(=O)C1CCc2ccc(CBr)cc2O1. The molecule has 1 atom stereocenters. The molecule has 1 heterocycles. The van der Waals surface area contributed by atoms with E-state index in [1.54, 1.807) is 6.92 Å². The van der Waals surface area contributed by atoms with E-state index in [1.807, 2.05) is 6.07 Å². The van der Waals surface area contributed by atoms with Gasteiger partial charge in [0.1, 0.15) is 5.75 Å². The van der Waals surface area contributed by atoms with E-state index in [0.29, 0.717) is 13.0 Å². The van der Waals surface area contributed by atoms with Gasteiger partial charge in [-0.15, -0.1) is 0 Å². The van der Waals surface area contributed by atoms with E-state index in [2.05, 4.69) is 28.1 Å². The van der Waals surface area contributed by atoms with E-state index >= 15 is 0 Å². The zero-order chi connectivity index (χ0) is 12.3. The van der Waals surface area contributed by atoms with Crippen molar-refractivity contribution in [1.82, 2.24) is 0 Å². The van der Waals surface area contributed by atoms with E-state index < -0.39 is 6.10 Å². The van der Waals surface area contributed by atoms with Gasteiger partial charge >= 0.3 is 5.97 Å². The van der Waals surface area contributed by atoms with Gasteiger partial charge in [0.15, 0.2) is 6.10 Å². The van der Waals surface area contributed by atoms with Crippen molar-refractivity contribution in [2.75, 3.05) is 6.61 Å². The molecule has 92 valence electrons. The van der Waals surface area contributed by atoms with Crippen molar-refractivity contribution in [1.29, 1.82) is 0 Å². The smallest absolute Gasteiger partial charge is 0.347 e. The van der Waals surface area contributed by atoms with Crippen molar-refractivity contribution in [2.45, 2.75) is 31.2 Å². The molecule has 4 heteroatoms. The van der Waals surface area contributed by atoms with E-state index in [-0.39, 0.29) is 5.97 Å². The standard InChI is InChI=1S/C13H15BrO3/c1-2-16-13(15)11-6-5-10-4-3-9(8-14)7-12(10)17-11/h3-4,7,11H,2,5-6,8H2,1H3. The number of benzene rings is 1. The summed E-state index contributed by atoms with van der Waals surface area (Å²) in [6.07, 6.45) is 1.11. The number of halogens is 1. The summed E-state index contributed by atoms with van der Waals surface area (Å²) in [6, 6.07) is 6.12. The van der Waals surface area contributed by atoms with Crippen molar-refractivity contribution >= 4 is 21.9 Å². The van der Waals surface area contributed by atoms with Crippen molar-refractivity contribution in [3.05, 3.63) is 29.3 Å². The molecule has 0 bridgehead atoms. The van der Waals surface area contributed by atoms with Gasteiger partial charge in [-0.05, 0) is 37.0 Å². The highest BCUT2D eigenvalue weighted by Crippen LogP contribution is 2.29. The largest absolute Gasteiger partial charge is 0.478 e. The summed E-state index contributed by atoms with van der Waals surface area (Å²) < 4.78 is 10.7. The average molecular weight is 299 g/mol. The molecule has 0 amide bonds. The Morgan fingerprint density at radius 3 is 3.12 bits per heavy atom. The Morgan fingerprint density at radius 2 is 2.41 bits per heavy atom. The number of alkyl halides is 1. The summed E-state index contributed by atoms with van der Waals surface area (Å²) in [5, 5.41) is 0.785. The molecule has 1 aliphatic rings. The molecule has 0 saturated carbocycles. The summed E-state index contributed by atoms with van der Waals surface area (Å²) in [6.45, 7) is 2.20. The van der Waals surface area contributed by atoms with E-state index in [0.717, 1.165) is 28.6 Å². The van der Waals surface area contributed by atoms with Crippen LogP contribution in [0.3, 0.4) is 0 Å². The fourth-order valence-corrected chi connectivity index (χ4v) is 2.25. The number of carbonyl (C=O) groups is 1. The van der Waals surface area contributed by atoms with Crippen LogP contribution in [0.2, 0.25) is 0 Å². The molecule has 1 aromatic rings. The van der Waals surface area contributed by atoms with Gasteiger partial charge in [-0.1, -0.05) is 28.1 Å². The summed E-state index contributed by atoms with van der Waals surface area (Å²) in [5.74, 6) is 0.550. The summed E-state index contributed by atoms with van der Waals surface area (Å²) in [7, 11) is 0.